The van der Waals surface area contributed by atoms with Crippen LogP contribution in [0.3, 0.4) is 0 Å². The molecule has 1 aromatic carbocycles. The largest absolute Gasteiger partial charge is 0.370 e. The van der Waals surface area contributed by atoms with Gasteiger partial charge in [0.1, 0.15) is 11.5 Å². The number of thiophene rings is 1. The lowest BCUT2D eigenvalue weighted by Gasteiger charge is -2.25. The van der Waals surface area contributed by atoms with Crippen molar-refractivity contribution in [2.45, 2.75) is 19.4 Å². The van der Waals surface area contributed by atoms with E-state index in [2.05, 4.69) is 65.5 Å². The molecule has 1 N–H and O–H groups in total. The number of fused-ring (bicyclic) bond motifs is 1. The molecule has 1 aliphatic heterocycles. The fourth-order valence-corrected chi connectivity index (χ4v) is 3.66. The average molecular weight is 295 g/mol. The number of rotatable bonds is 2. The van der Waals surface area contributed by atoms with Crippen LogP contribution in [0.4, 0.5) is 5.82 Å². The van der Waals surface area contributed by atoms with Crippen molar-refractivity contribution in [1.29, 1.82) is 0 Å². The van der Waals surface area contributed by atoms with Crippen LogP contribution in [0.5, 0.6) is 0 Å². The topological polar surface area (TPSA) is 29.9 Å². The van der Waals surface area contributed by atoms with Gasteiger partial charge in [0.2, 0.25) is 0 Å². The fourth-order valence-electron chi connectivity index (χ4n) is 2.84. The lowest BCUT2D eigenvalue weighted by Crippen LogP contribution is -2.26. The maximum Gasteiger partial charge on any atom is 0.124 e. The van der Waals surface area contributed by atoms with E-state index in [0.29, 0.717) is 5.92 Å². The number of hydrogen-bond donors (Lipinski definition) is 1. The Bertz CT molecular complexity index is 757. The Labute approximate surface area is 128 Å². The molecule has 3 heterocycles. The van der Waals surface area contributed by atoms with Gasteiger partial charge in [-0.15, -0.1) is 11.3 Å². The van der Waals surface area contributed by atoms with Gasteiger partial charge >= 0.3 is 0 Å². The summed E-state index contributed by atoms with van der Waals surface area (Å²) >= 11 is 1.80. The third-order valence-corrected chi connectivity index (χ3v) is 4.99. The molecule has 106 valence electrons. The average Bonchev–Trinajstić information content (AvgIpc) is 3.13. The van der Waals surface area contributed by atoms with Gasteiger partial charge < -0.3 is 5.32 Å². The van der Waals surface area contributed by atoms with E-state index < -0.39 is 0 Å². The second-order valence-corrected chi connectivity index (χ2v) is 6.78. The van der Waals surface area contributed by atoms with Crippen molar-refractivity contribution in [3.05, 3.63) is 59.0 Å². The van der Waals surface area contributed by atoms with Gasteiger partial charge in [0.15, 0.2) is 0 Å². The Hall–Kier alpha value is -2.07. The zero-order valence-corrected chi connectivity index (χ0v) is 12.7. The van der Waals surface area contributed by atoms with E-state index in [0.717, 1.165) is 24.6 Å². The first-order chi connectivity index (χ1) is 10.3. The normalized spacial score (nSPS) is 17.3. The van der Waals surface area contributed by atoms with E-state index in [4.69, 9.17) is 5.10 Å². The van der Waals surface area contributed by atoms with Crippen LogP contribution in [0, 0.1) is 6.92 Å². The number of benzene rings is 1. The van der Waals surface area contributed by atoms with Crippen LogP contribution in [-0.2, 0) is 6.54 Å². The maximum absolute atomic E-state index is 4.77. The molecule has 0 spiro atoms. The molecule has 0 bridgehead atoms. The lowest BCUT2D eigenvalue weighted by atomic mass is 9.98. The minimum Gasteiger partial charge on any atom is -0.370 e. The Balaban J connectivity index is 1.63. The van der Waals surface area contributed by atoms with Crippen molar-refractivity contribution in [2.75, 3.05) is 11.9 Å². The molecule has 0 amide bonds. The summed E-state index contributed by atoms with van der Waals surface area (Å²) < 4.78 is 2.10. The van der Waals surface area contributed by atoms with Crippen LogP contribution in [0.1, 0.15) is 16.4 Å². The van der Waals surface area contributed by atoms with Gasteiger partial charge in [0.25, 0.3) is 0 Å². The van der Waals surface area contributed by atoms with E-state index in [-0.39, 0.29) is 0 Å². The van der Waals surface area contributed by atoms with E-state index >= 15 is 0 Å². The Morgan fingerprint density at radius 2 is 2.05 bits per heavy atom. The van der Waals surface area contributed by atoms with Crippen molar-refractivity contribution >= 4 is 17.2 Å². The van der Waals surface area contributed by atoms with Gasteiger partial charge in [0.05, 0.1) is 11.4 Å². The molecule has 0 aliphatic carbocycles. The van der Waals surface area contributed by atoms with Gasteiger partial charge in [-0.25, -0.2) is 4.68 Å². The van der Waals surface area contributed by atoms with Gasteiger partial charge in [-0.05, 0) is 24.6 Å². The Morgan fingerprint density at radius 3 is 2.81 bits per heavy atom. The summed E-state index contributed by atoms with van der Waals surface area (Å²) in [6.45, 7) is 4.04. The van der Waals surface area contributed by atoms with Crippen LogP contribution in [0.15, 0.2) is 48.5 Å². The van der Waals surface area contributed by atoms with E-state index in [1.54, 1.807) is 11.3 Å². The van der Waals surface area contributed by atoms with Crippen LogP contribution in [0.25, 0.3) is 10.6 Å². The van der Waals surface area contributed by atoms with Gasteiger partial charge in [-0.1, -0.05) is 30.3 Å². The third-order valence-electron chi connectivity index (χ3n) is 3.97. The number of nitrogens with one attached hydrogen (secondary N) is 1. The quantitative estimate of drug-likeness (QED) is 0.770. The molecule has 2 aromatic heterocycles. The second-order valence-electron chi connectivity index (χ2n) is 5.50. The van der Waals surface area contributed by atoms with E-state index in [1.807, 2.05) is 0 Å². The molecular formula is C17H17N3S. The number of hydrogen-bond acceptors (Lipinski definition) is 3. The van der Waals surface area contributed by atoms with Gasteiger partial charge in [-0.3, -0.25) is 0 Å². The first-order valence-electron chi connectivity index (χ1n) is 7.23. The molecule has 3 nitrogen and oxygen atoms in total. The minimum absolute atomic E-state index is 0.483. The number of nitrogens with zero attached hydrogens (tertiary/aromatic N) is 2. The van der Waals surface area contributed by atoms with Crippen LogP contribution in [-0.4, -0.2) is 16.3 Å². The fraction of sp³-hybridized carbons (Fsp3) is 0.235. The Kier molecular flexibility index (Phi) is 3.04. The molecule has 1 unspecified atom stereocenters. The standard InChI is InChI=1S/C17H17N3S/c1-12-7-8-16(21-12)15-9-17-18-10-14(11-20(17)19-15)13-5-3-2-4-6-13/h2-9,14,18H,10-11H2,1H3. The highest BCUT2D eigenvalue weighted by atomic mass is 32.1. The molecule has 0 saturated heterocycles. The zero-order chi connectivity index (χ0) is 14.2. The highest BCUT2D eigenvalue weighted by Crippen LogP contribution is 2.32. The van der Waals surface area contributed by atoms with Crippen molar-refractivity contribution in [2.24, 2.45) is 0 Å². The predicted octanol–water partition coefficient (Wildman–Crippen LogP) is 4.13. The van der Waals surface area contributed by atoms with Crippen molar-refractivity contribution < 1.29 is 0 Å². The van der Waals surface area contributed by atoms with Crippen molar-refractivity contribution in [1.82, 2.24) is 9.78 Å². The SMILES string of the molecule is Cc1ccc(-c2cc3n(n2)CC(c2ccccc2)CN3)s1. The molecule has 1 atom stereocenters. The summed E-state index contributed by atoms with van der Waals surface area (Å²) in [7, 11) is 0. The molecular weight excluding hydrogens is 278 g/mol. The number of aryl methyl sites for hydroxylation is 1. The third kappa shape index (κ3) is 2.36. The molecule has 21 heavy (non-hydrogen) atoms. The summed E-state index contributed by atoms with van der Waals surface area (Å²) in [6.07, 6.45) is 0. The smallest absolute Gasteiger partial charge is 0.124 e. The zero-order valence-electron chi connectivity index (χ0n) is 11.9. The molecule has 0 saturated carbocycles. The first kappa shape index (κ1) is 12.7. The summed E-state index contributed by atoms with van der Waals surface area (Å²) in [5.74, 6) is 1.61. The van der Waals surface area contributed by atoms with Crippen LogP contribution >= 0.6 is 11.3 Å². The predicted molar refractivity (Wildman–Crippen MR) is 87.9 cm³/mol. The van der Waals surface area contributed by atoms with Crippen molar-refractivity contribution in [3.63, 3.8) is 0 Å². The Morgan fingerprint density at radius 1 is 1.19 bits per heavy atom. The van der Waals surface area contributed by atoms with Crippen LogP contribution in [0.2, 0.25) is 0 Å². The van der Waals surface area contributed by atoms with Gasteiger partial charge in [0, 0.05) is 23.4 Å². The van der Waals surface area contributed by atoms with Crippen molar-refractivity contribution in [3.8, 4) is 10.6 Å². The first-order valence-corrected chi connectivity index (χ1v) is 8.05. The highest BCUT2D eigenvalue weighted by molar-refractivity contribution is 7.15. The lowest BCUT2D eigenvalue weighted by molar-refractivity contribution is 0.506. The molecule has 0 radical (unpaired) electrons. The maximum atomic E-state index is 4.77. The minimum atomic E-state index is 0.483. The summed E-state index contributed by atoms with van der Waals surface area (Å²) in [6, 6.07) is 17.1. The van der Waals surface area contributed by atoms with Gasteiger partial charge in [-0.2, -0.15) is 5.10 Å². The van der Waals surface area contributed by atoms with Crippen LogP contribution < -0.4 is 5.32 Å². The molecule has 0 fully saturated rings. The monoisotopic (exact) mass is 295 g/mol. The highest BCUT2D eigenvalue weighted by Gasteiger charge is 2.21. The molecule has 1 aliphatic rings. The number of aromatic nitrogens is 2. The summed E-state index contributed by atoms with van der Waals surface area (Å²) in [4.78, 5) is 2.57. The summed E-state index contributed by atoms with van der Waals surface area (Å²) in [5, 5.41) is 8.29. The molecule has 4 heteroatoms. The molecule has 4 rings (SSSR count). The summed E-state index contributed by atoms with van der Waals surface area (Å²) in [5.41, 5.74) is 2.45. The van der Waals surface area contributed by atoms with E-state index in [1.165, 1.54) is 15.3 Å². The number of anilines is 1. The van der Waals surface area contributed by atoms with E-state index in [9.17, 15) is 0 Å². The second kappa shape index (κ2) is 5.04. The molecule has 3 aromatic rings.